The van der Waals surface area contributed by atoms with Gasteiger partial charge in [-0.1, -0.05) is 56.2 Å². The molecule has 0 saturated carbocycles. The summed E-state index contributed by atoms with van der Waals surface area (Å²) in [6.07, 6.45) is 3.80. The lowest BCUT2D eigenvalue weighted by Gasteiger charge is -2.27. The van der Waals surface area contributed by atoms with Crippen LogP contribution in [0.25, 0.3) is 22.4 Å². The number of ether oxygens (including phenoxy) is 1. The Morgan fingerprint density at radius 2 is 1.80 bits per heavy atom. The number of carbonyl (C=O) groups excluding carboxylic acids is 1. The lowest BCUT2D eigenvalue weighted by atomic mass is 9.94. The number of aryl methyl sites for hydroxylation is 1. The van der Waals surface area contributed by atoms with Crippen LogP contribution in [0.15, 0.2) is 54.6 Å². The van der Waals surface area contributed by atoms with Crippen molar-refractivity contribution in [1.82, 2.24) is 4.98 Å². The van der Waals surface area contributed by atoms with E-state index in [1.165, 1.54) is 12.1 Å². The molecule has 3 rings (SSSR count). The van der Waals surface area contributed by atoms with Crippen LogP contribution >= 0.6 is 8.03 Å². The molecule has 0 radical (unpaired) electrons. The highest BCUT2D eigenvalue weighted by molar-refractivity contribution is 7.42. The Labute approximate surface area is 204 Å². The molecule has 1 heterocycles. The smallest absolute Gasteiger partial charge is 0.342 e. The Hall–Kier alpha value is -3.30. The van der Waals surface area contributed by atoms with Crippen LogP contribution in [0.4, 0.5) is 4.39 Å². The third-order valence-corrected chi connectivity index (χ3v) is 7.24. The summed E-state index contributed by atoms with van der Waals surface area (Å²) in [5.41, 5.74) is 3.40. The maximum Gasteiger partial charge on any atom is 0.342 e. The zero-order chi connectivity index (χ0) is 25.9. The Balaban J connectivity index is 2.33. The normalized spacial score (nSPS) is 14.6. The van der Waals surface area contributed by atoms with Crippen molar-refractivity contribution in [2.75, 3.05) is 0 Å². The second-order valence-corrected chi connectivity index (χ2v) is 9.97. The van der Waals surface area contributed by atoms with Crippen LogP contribution in [0, 0.1) is 25.1 Å². The molecule has 3 unspecified atom stereocenters. The lowest BCUT2D eigenvalue weighted by molar-refractivity contribution is -0.138. The number of rotatable bonds is 7. The monoisotopic (exact) mass is 495 g/mol. The van der Waals surface area contributed by atoms with E-state index in [9.17, 15) is 23.7 Å². The van der Waals surface area contributed by atoms with Crippen molar-refractivity contribution in [3.8, 4) is 40.5 Å². The number of terminal acetylenes is 1. The van der Waals surface area contributed by atoms with Gasteiger partial charge < -0.3 is 14.7 Å². The fourth-order valence-electron chi connectivity index (χ4n) is 3.79. The number of aliphatic hydroxyl groups excluding tert-OH is 1. The predicted octanol–water partition coefficient (Wildman–Crippen LogP) is 5.11. The molecule has 0 aliphatic heterocycles. The number of pyridine rings is 1. The molecule has 0 saturated heterocycles. The average molecular weight is 495 g/mol. The van der Waals surface area contributed by atoms with Crippen LogP contribution in [0.5, 0.6) is 5.75 Å². The van der Waals surface area contributed by atoms with Crippen LogP contribution in [0.3, 0.4) is 0 Å². The summed E-state index contributed by atoms with van der Waals surface area (Å²) in [5, 5.41) is 7.74. The molecule has 2 N–H and O–H groups in total. The molecule has 6 nitrogen and oxygen atoms in total. The van der Waals surface area contributed by atoms with Crippen molar-refractivity contribution < 1.29 is 28.5 Å². The van der Waals surface area contributed by atoms with E-state index < -0.39 is 31.1 Å². The quantitative estimate of drug-likeness (QED) is 0.269. The van der Waals surface area contributed by atoms with Crippen molar-refractivity contribution in [2.45, 2.75) is 44.9 Å². The zero-order valence-electron chi connectivity index (χ0n) is 19.9. The Bertz CT molecular complexity index is 1320. The van der Waals surface area contributed by atoms with Crippen molar-refractivity contribution in [1.29, 1.82) is 0 Å². The number of esters is 1. The number of hydrogen-bond acceptors (Lipinski definition) is 5. The number of aromatic nitrogens is 1. The van der Waals surface area contributed by atoms with E-state index in [4.69, 9.17) is 16.1 Å². The number of benzene rings is 2. The number of hydrogen-bond donors (Lipinski definition) is 2. The van der Waals surface area contributed by atoms with Crippen molar-refractivity contribution in [2.24, 2.45) is 0 Å². The third-order valence-electron chi connectivity index (χ3n) is 5.80. The molecule has 0 aliphatic carbocycles. The van der Waals surface area contributed by atoms with Gasteiger partial charge in [0.15, 0.2) is 5.75 Å². The fraction of sp³-hybridized carbons (Fsp3) is 0.259. The van der Waals surface area contributed by atoms with Crippen LogP contribution < -0.4 is 4.74 Å². The van der Waals surface area contributed by atoms with Crippen molar-refractivity contribution in [3.05, 3.63) is 71.7 Å². The summed E-state index contributed by atoms with van der Waals surface area (Å²) in [4.78, 5) is 27.9. The fourth-order valence-corrected chi connectivity index (χ4v) is 4.50. The Morgan fingerprint density at radius 3 is 2.31 bits per heavy atom. The highest BCUT2D eigenvalue weighted by Crippen LogP contribution is 2.44. The minimum atomic E-state index is -3.75. The van der Waals surface area contributed by atoms with Crippen LogP contribution in [-0.2, 0) is 9.36 Å². The number of halogens is 1. The van der Waals surface area contributed by atoms with Crippen LogP contribution in [-0.4, -0.2) is 32.2 Å². The summed E-state index contributed by atoms with van der Waals surface area (Å²) < 4.78 is 31.8. The van der Waals surface area contributed by atoms with E-state index >= 15 is 0 Å². The molecule has 0 aliphatic rings. The number of carbonyl (C=O) groups is 1. The molecule has 0 amide bonds. The molecule has 35 heavy (non-hydrogen) atoms. The van der Waals surface area contributed by atoms with E-state index in [-0.39, 0.29) is 11.7 Å². The molecule has 182 valence electrons. The number of aliphatic hydroxyl groups is 1. The van der Waals surface area contributed by atoms with E-state index in [0.29, 0.717) is 28.1 Å². The van der Waals surface area contributed by atoms with Gasteiger partial charge in [-0.2, -0.15) is 0 Å². The highest BCUT2D eigenvalue weighted by Gasteiger charge is 2.49. The van der Waals surface area contributed by atoms with Gasteiger partial charge >= 0.3 is 5.97 Å². The first-order valence-electron chi connectivity index (χ1n) is 11.0. The summed E-state index contributed by atoms with van der Waals surface area (Å²) >= 11 is 0. The first kappa shape index (κ1) is 26.3. The minimum Gasteiger partial charge on any atom is -0.422 e. The van der Waals surface area contributed by atoms with Gasteiger partial charge in [-0.05, 0) is 49.1 Å². The maximum absolute atomic E-state index is 13.9. The summed E-state index contributed by atoms with van der Waals surface area (Å²) in [5.74, 6) is 0.117. The first-order chi connectivity index (χ1) is 16.5. The Kier molecular flexibility index (Phi) is 7.92. The van der Waals surface area contributed by atoms with Gasteiger partial charge in [0.1, 0.15) is 5.82 Å². The second-order valence-electron chi connectivity index (χ2n) is 8.57. The van der Waals surface area contributed by atoms with Gasteiger partial charge in [0, 0.05) is 11.1 Å². The average Bonchev–Trinajstić information content (AvgIpc) is 2.80. The van der Waals surface area contributed by atoms with Gasteiger partial charge in [-0.15, -0.1) is 6.42 Å². The van der Waals surface area contributed by atoms with E-state index in [2.05, 4.69) is 0 Å². The molecular weight excluding hydrogens is 468 g/mol. The second kappa shape index (κ2) is 10.5. The molecule has 1 aromatic heterocycles. The molecule has 2 aromatic carbocycles. The molecule has 3 atom stereocenters. The van der Waals surface area contributed by atoms with Gasteiger partial charge in [0.2, 0.25) is 13.2 Å². The molecule has 0 spiro atoms. The standard InChI is InChI=1S/C27H27FNO5P/c1-6-27(18(5)30,35(32)33)26(31)34-25-22(21-13-12-20(28)14-17(21)4)15-23(29-24(25)16(2)3)19-10-8-7-9-11-19/h1,7-16,18,30,35H,2-5H3,(H,32,33). The van der Waals surface area contributed by atoms with Crippen molar-refractivity contribution in [3.63, 3.8) is 0 Å². The van der Waals surface area contributed by atoms with Gasteiger partial charge in [0.25, 0.3) is 0 Å². The number of nitrogens with zero attached hydrogens (tertiary/aromatic N) is 1. The molecule has 0 fully saturated rings. The molecule has 8 heteroatoms. The van der Waals surface area contributed by atoms with E-state index in [0.717, 1.165) is 12.5 Å². The largest absolute Gasteiger partial charge is 0.422 e. The lowest BCUT2D eigenvalue weighted by Crippen LogP contribution is -2.46. The maximum atomic E-state index is 13.9. The summed E-state index contributed by atoms with van der Waals surface area (Å²) in [6.45, 7) is 6.59. The summed E-state index contributed by atoms with van der Waals surface area (Å²) in [7, 11) is -3.75. The van der Waals surface area contributed by atoms with E-state index in [1.54, 1.807) is 19.1 Å². The van der Waals surface area contributed by atoms with Gasteiger partial charge in [0.05, 0.1) is 17.5 Å². The summed E-state index contributed by atoms with van der Waals surface area (Å²) in [6, 6.07) is 15.3. The topological polar surface area (TPSA) is 96.7 Å². The van der Waals surface area contributed by atoms with Gasteiger partial charge in [-0.25, -0.2) is 14.2 Å². The third kappa shape index (κ3) is 5.06. The van der Waals surface area contributed by atoms with Gasteiger partial charge in [-0.3, -0.25) is 4.57 Å². The van der Waals surface area contributed by atoms with Crippen LogP contribution in [0.2, 0.25) is 0 Å². The SMILES string of the molecule is C#CC(C(=O)Oc1c(-c2ccc(F)cc2C)cc(-c2ccccc2)nc1C(C)C)(C(C)O)[PH](=O)O. The zero-order valence-corrected chi connectivity index (χ0v) is 20.9. The highest BCUT2D eigenvalue weighted by atomic mass is 31.1. The van der Waals surface area contributed by atoms with Crippen molar-refractivity contribution >= 4 is 14.0 Å². The first-order valence-corrected chi connectivity index (χ1v) is 12.4. The predicted molar refractivity (Wildman–Crippen MR) is 134 cm³/mol. The van der Waals surface area contributed by atoms with E-state index in [1.807, 2.05) is 50.1 Å². The molecule has 0 bridgehead atoms. The molecule has 3 aromatic rings. The Morgan fingerprint density at radius 1 is 1.14 bits per heavy atom. The molecular formula is C27H27FNO5P. The van der Waals surface area contributed by atoms with Crippen LogP contribution in [0.1, 0.15) is 37.9 Å². The minimum absolute atomic E-state index is 0.0305.